The van der Waals surface area contributed by atoms with Crippen molar-refractivity contribution in [2.45, 2.75) is 19.9 Å². The summed E-state index contributed by atoms with van der Waals surface area (Å²) >= 11 is 0. The highest BCUT2D eigenvalue weighted by Gasteiger charge is 2.15. The van der Waals surface area contributed by atoms with E-state index >= 15 is 0 Å². The van der Waals surface area contributed by atoms with E-state index < -0.39 is 0 Å². The highest BCUT2D eigenvalue weighted by atomic mass is 16.5. The van der Waals surface area contributed by atoms with Crippen molar-refractivity contribution < 1.29 is 4.52 Å². The summed E-state index contributed by atoms with van der Waals surface area (Å²) in [5.41, 5.74) is 2.49. The van der Waals surface area contributed by atoms with E-state index in [1.54, 1.807) is 10.6 Å². The summed E-state index contributed by atoms with van der Waals surface area (Å²) in [4.78, 5) is 24.1. The lowest BCUT2D eigenvalue weighted by atomic mass is 10.2. The minimum atomic E-state index is -0.0941. The van der Waals surface area contributed by atoms with Crippen LogP contribution in [0.5, 0.6) is 0 Å². The molecule has 0 amide bonds. The zero-order valence-corrected chi connectivity index (χ0v) is 16.1. The Morgan fingerprint density at radius 2 is 1.89 bits per heavy atom. The van der Waals surface area contributed by atoms with E-state index in [1.165, 1.54) is 0 Å². The Morgan fingerprint density at radius 1 is 1.07 bits per heavy atom. The van der Waals surface area contributed by atoms with Crippen LogP contribution in [0.15, 0.2) is 57.8 Å². The Balaban J connectivity index is 1.71. The number of fused-ring (bicyclic) bond motifs is 1. The Hall–Kier alpha value is -3.48. The molecule has 0 atom stereocenters. The van der Waals surface area contributed by atoms with Crippen molar-refractivity contribution in [1.29, 1.82) is 0 Å². The van der Waals surface area contributed by atoms with Crippen molar-refractivity contribution in [1.82, 2.24) is 19.7 Å². The minimum Gasteiger partial charge on any atom is -0.378 e. The maximum atomic E-state index is 12.9. The molecule has 0 aliphatic heterocycles. The number of anilines is 1. The van der Waals surface area contributed by atoms with Gasteiger partial charge in [-0.3, -0.25) is 9.36 Å². The summed E-state index contributed by atoms with van der Waals surface area (Å²) in [6.45, 7) is 2.19. The van der Waals surface area contributed by atoms with Crippen LogP contribution in [-0.4, -0.2) is 33.8 Å². The van der Waals surface area contributed by atoms with Gasteiger partial charge in [-0.2, -0.15) is 4.98 Å². The van der Waals surface area contributed by atoms with Crippen LogP contribution in [0, 0.1) is 0 Å². The first kappa shape index (κ1) is 17.9. The molecule has 2 aromatic heterocycles. The lowest BCUT2D eigenvalue weighted by molar-refractivity contribution is 0.419. The van der Waals surface area contributed by atoms with E-state index in [9.17, 15) is 4.79 Å². The molecular weight excluding hydrogens is 354 g/mol. The molecule has 142 valence electrons. The first-order chi connectivity index (χ1) is 13.6. The van der Waals surface area contributed by atoms with Crippen LogP contribution in [0.3, 0.4) is 0 Å². The monoisotopic (exact) mass is 375 g/mol. The number of rotatable bonds is 5. The molecule has 4 rings (SSSR count). The van der Waals surface area contributed by atoms with E-state index in [0.717, 1.165) is 11.3 Å². The van der Waals surface area contributed by atoms with Gasteiger partial charge in [0.1, 0.15) is 5.82 Å². The van der Waals surface area contributed by atoms with E-state index in [0.29, 0.717) is 34.9 Å². The summed E-state index contributed by atoms with van der Waals surface area (Å²) in [7, 11) is 3.95. The molecule has 0 spiro atoms. The van der Waals surface area contributed by atoms with Crippen LogP contribution in [-0.2, 0) is 13.0 Å². The van der Waals surface area contributed by atoms with Crippen LogP contribution in [0.25, 0.3) is 22.4 Å². The van der Waals surface area contributed by atoms with Gasteiger partial charge in [0.15, 0.2) is 5.82 Å². The predicted octanol–water partition coefficient (Wildman–Crippen LogP) is 3.12. The molecule has 0 aliphatic rings. The Bertz CT molecular complexity index is 1190. The van der Waals surface area contributed by atoms with Crippen molar-refractivity contribution >= 4 is 16.6 Å². The van der Waals surface area contributed by atoms with Crippen LogP contribution in [0.2, 0.25) is 0 Å². The zero-order valence-electron chi connectivity index (χ0n) is 16.1. The highest BCUT2D eigenvalue weighted by Crippen LogP contribution is 2.22. The van der Waals surface area contributed by atoms with Gasteiger partial charge in [0.25, 0.3) is 11.4 Å². The predicted molar refractivity (Wildman–Crippen MR) is 109 cm³/mol. The van der Waals surface area contributed by atoms with Gasteiger partial charge < -0.3 is 9.42 Å². The molecular formula is C21H21N5O2. The van der Waals surface area contributed by atoms with Crippen LogP contribution in [0.4, 0.5) is 5.69 Å². The van der Waals surface area contributed by atoms with Crippen LogP contribution in [0.1, 0.15) is 18.6 Å². The molecule has 28 heavy (non-hydrogen) atoms. The molecule has 0 aliphatic carbocycles. The maximum Gasteiger partial charge on any atom is 0.261 e. The van der Waals surface area contributed by atoms with Gasteiger partial charge in [-0.25, -0.2) is 4.98 Å². The quantitative estimate of drug-likeness (QED) is 0.533. The lowest BCUT2D eigenvalue weighted by Crippen LogP contribution is -2.26. The van der Waals surface area contributed by atoms with Crippen molar-refractivity contribution in [3.63, 3.8) is 0 Å². The van der Waals surface area contributed by atoms with E-state index in [1.807, 2.05) is 68.4 Å². The summed E-state index contributed by atoms with van der Waals surface area (Å²) < 4.78 is 7.06. The molecule has 0 saturated heterocycles. The van der Waals surface area contributed by atoms with Crippen molar-refractivity contribution in [2.75, 3.05) is 19.0 Å². The van der Waals surface area contributed by atoms with Crippen LogP contribution >= 0.6 is 0 Å². The van der Waals surface area contributed by atoms with Gasteiger partial charge in [-0.15, -0.1) is 0 Å². The molecule has 2 heterocycles. The number of benzene rings is 2. The molecule has 0 saturated carbocycles. The third kappa shape index (κ3) is 3.26. The molecule has 0 bridgehead atoms. The van der Waals surface area contributed by atoms with Gasteiger partial charge in [-0.1, -0.05) is 30.3 Å². The van der Waals surface area contributed by atoms with Gasteiger partial charge in [0.05, 0.1) is 17.4 Å². The Labute approximate surface area is 162 Å². The summed E-state index contributed by atoms with van der Waals surface area (Å²) in [5.74, 6) is 1.57. The van der Waals surface area contributed by atoms with E-state index in [2.05, 4.69) is 15.1 Å². The maximum absolute atomic E-state index is 12.9. The highest BCUT2D eigenvalue weighted by molar-refractivity contribution is 5.77. The topological polar surface area (TPSA) is 77.0 Å². The molecule has 0 N–H and O–H groups in total. The zero-order chi connectivity index (χ0) is 19.7. The average molecular weight is 375 g/mol. The number of aryl methyl sites for hydroxylation is 1. The van der Waals surface area contributed by atoms with Crippen molar-refractivity contribution in [3.05, 3.63) is 70.5 Å². The lowest BCUT2D eigenvalue weighted by Gasteiger charge is -2.12. The summed E-state index contributed by atoms with van der Waals surface area (Å²) in [6.07, 6.45) is 0.635. The molecule has 2 aromatic carbocycles. The largest absolute Gasteiger partial charge is 0.378 e. The van der Waals surface area contributed by atoms with Crippen molar-refractivity contribution in [3.8, 4) is 11.5 Å². The van der Waals surface area contributed by atoms with Crippen LogP contribution < -0.4 is 10.5 Å². The average Bonchev–Trinajstić information content (AvgIpc) is 3.19. The summed E-state index contributed by atoms with van der Waals surface area (Å²) in [6, 6.07) is 15.2. The third-order valence-electron chi connectivity index (χ3n) is 4.63. The normalized spacial score (nSPS) is 11.1. The molecule has 7 nitrogen and oxygen atoms in total. The van der Waals surface area contributed by atoms with Gasteiger partial charge in [0, 0.05) is 31.8 Å². The smallest absolute Gasteiger partial charge is 0.261 e. The first-order valence-electron chi connectivity index (χ1n) is 9.15. The van der Waals surface area contributed by atoms with E-state index in [-0.39, 0.29) is 12.1 Å². The fourth-order valence-corrected chi connectivity index (χ4v) is 3.14. The first-order valence-corrected chi connectivity index (χ1v) is 9.15. The van der Waals surface area contributed by atoms with Gasteiger partial charge in [-0.05, 0) is 30.3 Å². The fourth-order valence-electron chi connectivity index (χ4n) is 3.14. The minimum absolute atomic E-state index is 0.0941. The SMILES string of the molecule is CCc1nc2ccccc2c(=O)n1Cc1noc(-c2cccc(N(C)C)c2)n1. The third-order valence-corrected chi connectivity index (χ3v) is 4.63. The molecule has 4 aromatic rings. The number of aromatic nitrogens is 4. The molecule has 0 fully saturated rings. The van der Waals surface area contributed by atoms with Gasteiger partial charge >= 0.3 is 0 Å². The van der Waals surface area contributed by atoms with Gasteiger partial charge in [0.2, 0.25) is 0 Å². The second-order valence-electron chi connectivity index (χ2n) is 6.75. The Morgan fingerprint density at radius 3 is 2.68 bits per heavy atom. The summed E-state index contributed by atoms with van der Waals surface area (Å²) in [5, 5.41) is 4.66. The number of nitrogens with zero attached hydrogens (tertiary/aromatic N) is 5. The number of para-hydroxylation sites is 1. The van der Waals surface area contributed by atoms with Crippen molar-refractivity contribution in [2.24, 2.45) is 0 Å². The second-order valence-corrected chi connectivity index (χ2v) is 6.75. The van der Waals surface area contributed by atoms with E-state index in [4.69, 9.17) is 4.52 Å². The molecule has 0 radical (unpaired) electrons. The second kappa shape index (κ2) is 7.26. The number of hydrogen-bond donors (Lipinski definition) is 0. The number of hydrogen-bond acceptors (Lipinski definition) is 6. The fraction of sp³-hybridized carbons (Fsp3) is 0.238. The Kier molecular flexibility index (Phi) is 4.65. The molecule has 7 heteroatoms. The standard InChI is InChI=1S/C21H21N5O2/c1-4-19-22-17-11-6-5-10-16(17)21(27)26(19)13-18-23-20(28-24-18)14-8-7-9-15(12-14)25(2)3/h5-12H,4,13H2,1-3H3. The molecule has 0 unspecified atom stereocenters.